The Morgan fingerprint density at radius 1 is 1.35 bits per heavy atom. The third-order valence-corrected chi connectivity index (χ3v) is 3.22. The maximum atomic E-state index is 11.9. The van der Waals surface area contributed by atoms with E-state index < -0.39 is 23.5 Å². The van der Waals surface area contributed by atoms with Gasteiger partial charge in [0.15, 0.2) is 0 Å². The van der Waals surface area contributed by atoms with Gasteiger partial charge >= 0.3 is 5.97 Å². The van der Waals surface area contributed by atoms with E-state index in [2.05, 4.69) is 5.32 Å². The van der Waals surface area contributed by atoms with Gasteiger partial charge in [-0.15, -0.1) is 0 Å². The summed E-state index contributed by atoms with van der Waals surface area (Å²) in [6.07, 6.45) is 0.449. The number of carboxylic acids is 1. The van der Waals surface area contributed by atoms with Gasteiger partial charge in [0.1, 0.15) is 11.5 Å². The number of carboxylic acid groups (broad SMARTS) is 1. The number of nitrogens with two attached hydrogens (primary N) is 1. The summed E-state index contributed by atoms with van der Waals surface area (Å²) in [7, 11) is 0. The molecule has 4 N–H and O–H groups in total. The van der Waals surface area contributed by atoms with Crippen molar-refractivity contribution in [3.63, 3.8) is 0 Å². The predicted molar refractivity (Wildman–Crippen MR) is 56.2 cm³/mol. The minimum Gasteiger partial charge on any atom is -0.481 e. The van der Waals surface area contributed by atoms with E-state index in [4.69, 9.17) is 20.3 Å². The van der Waals surface area contributed by atoms with Gasteiger partial charge in [-0.05, 0) is 6.42 Å². The summed E-state index contributed by atoms with van der Waals surface area (Å²) in [6.45, 7) is 0.950. The highest BCUT2D eigenvalue weighted by atomic mass is 16.5. The van der Waals surface area contributed by atoms with Crippen LogP contribution in [-0.4, -0.2) is 55.0 Å². The Balaban J connectivity index is 1.96. The molecule has 2 saturated heterocycles. The van der Waals surface area contributed by atoms with Gasteiger partial charge in [0.2, 0.25) is 5.91 Å². The fourth-order valence-electron chi connectivity index (χ4n) is 2.01. The van der Waals surface area contributed by atoms with Gasteiger partial charge in [0, 0.05) is 6.61 Å². The molecule has 0 bridgehead atoms. The van der Waals surface area contributed by atoms with Crippen LogP contribution in [0.2, 0.25) is 0 Å². The molecule has 2 fully saturated rings. The molecule has 0 aromatic carbocycles. The maximum absolute atomic E-state index is 11.9. The second-order valence-electron chi connectivity index (χ2n) is 4.52. The molecule has 7 heteroatoms. The normalized spacial score (nSPS) is 37.0. The molecule has 2 aliphatic rings. The third kappa shape index (κ3) is 2.41. The van der Waals surface area contributed by atoms with Crippen LogP contribution in [0.1, 0.15) is 6.42 Å². The molecule has 17 heavy (non-hydrogen) atoms. The molecule has 2 heterocycles. The molecule has 0 saturated carbocycles. The van der Waals surface area contributed by atoms with E-state index in [0.717, 1.165) is 0 Å². The molecule has 2 aliphatic heterocycles. The third-order valence-electron chi connectivity index (χ3n) is 3.22. The lowest BCUT2D eigenvalue weighted by molar-refractivity contribution is -0.142. The van der Waals surface area contributed by atoms with Crippen molar-refractivity contribution in [2.45, 2.75) is 18.0 Å². The van der Waals surface area contributed by atoms with E-state index in [1.54, 1.807) is 0 Å². The first-order chi connectivity index (χ1) is 8.03. The number of ether oxygens (including phenoxy) is 2. The molecule has 0 aromatic rings. The van der Waals surface area contributed by atoms with Gasteiger partial charge in [-0.25, -0.2) is 0 Å². The van der Waals surface area contributed by atoms with Crippen LogP contribution in [0, 0.1) is 5.92 Å². The number of hydrogen-bond acceptors (Lipinski definition) is 5. The van der Waals surface area contributed by atoms with E-state index in [-0.39, 0.29) is 25.7 Å². The Morgan fingerprint density at radius 2 is 2.12 bits per heavy atom. The van der Waals surface area contributed by atoms with Crippen molar-refractivity contribution >= 4 is 11.9 Å². The van der Waals surface area contributed by atoms with Crippen molar-refractivity contribution in [1.29, 1.82) is 0 Å². The summed E-state index contributed by atoms with van der Waals surface area (Å²) in [5, 5.41) is 11.6. The first-order valence-electron chi connectivity index (χ1n) is 5.51. The highest BCUT2D eigenvalue weighted by Crippen LogP contribution is 2.19. The van der Waals surface area contributed by atoms with Gasteiger partial charge in [-0.1, -0.05) is 0 Å². The summed E-state index contributed by atoms with van der Waals surface area (Å²) in [5.74, 6) is -2.04. The largest absolute Gasteiger partial charge is 0.481 e. The highest BCUT2D eigenvalue weighted by Gasteiger charge is 2.42. The van der Waals surface area contributed by atoms with Crippen molar-refractivity contribution in [3.8, 4) is 0 Å². The SMILES string of the molecule is NC1(C(=O)NC2COCC2C(=O)O)CCOC1. The van der Waals surface area contributed by atoms with Crippen molar-refractivity contribution in [3.05, 3.63) is 0 Å². The topological polar surface area (TPSA) is 111 Å². The van der Waals surface area contributed by atoms with Crippen molar-refractivity contribution < 1.29 is 24.2 Å². The minimum atomic E-state index is -1.04. The Bertz CT molecular complexity index is 327. The van der Waals surface area contributed by atoms with Crippen LogP contribution >= 0.6 is 0 Å². The fraction of sp³-hybridized carbons (Fsp3) is 0.800. The first kappa shape index (κ1) is 12.3. The van der Waals surface area contributed by atoms with Crippen molar-refractivity contribution in [1.82, 2.24) is 5.32 Å². The standard InChI is InChI=1S/C10H16N2O5/c11-10(1-2-16-5-10)9(15)12-7-4-17-3-6(7)8(13)14/h6-7H,1-5,11H2,(H,12,15)(H,13,14). The molecule has 0 spiro atoms. The number of hydrogen-bond donors (Lipinski definition) is 3. The van der Waals surface area contributed by atoms with Crippen molar-refractivity contribution in [2.24, 2.45) is 11.7 Å². The highest BCUT2D eigenvalue weighted by molar-refractivity contribution is 5.87. The average Bonchev–Trinajstić information content (AvgIpc) is 2.87. The summed E-state index contributed by atoms with van der Waals surface area (Å²) in [6, 6.07) is -0.513. The molecular weight excluding hydrogens is 228 g/mol. The lowest BCUT2D eigenvalue weighted by Gasteiger charge is -2.24. The smallest absolute Gasteiger partial charge is 0.311 e. The summed E-state index contributed by atoms with van der Waals surface area (Å²) in [5.41, 5.74) is 4.84. The fourth-order valence-corrected chi connectivity index (χ4v) is 2.01. The molecule has 96 valence electrons. The minimum absolute atomic E-state index is 0.119. The Morgan fingerprint density at radius 3 is 2.71 bits per heavy atom. The quantitative estimate of drug-likeness (QED) is 0.547. The molecule has 3 unspecified atom stereocenters. The zero-order valence-electron chi connectivity index (χ0n) is 9.35. The molecule has 0 radical (unpaired) electrons. The van der Waals surface area contributed by atoms with E-state index >= 15 is 0 Å². The van der Waals surface area contributed by atoms with Crippen LogP contribution in [0.5, 0.6) is 0 Å². The molecule has 0 aromatic heterocycles. The zero-order chi connectivity index (χ0) is 12.5. The number of carbonyl (C=O) groups excluding carboxylic acids is 1. The summed E-state index contributed by atoms with van der Waals surface area (Å²) >= 11 is 0. The Kier molecular flexibility index (Phi) is 3.32. The van der Waals surface area contributed by atoms with Crippen LogP contribution in [0.4, 0.5) is 0 Å². The van der Waals surface area contributed by atoms with Crippen LogP contribution in [0.3, 0.4) is 0 Å². The van der Waals surface area contributed by atoms with Crippen LogP contribution < -0.4 is 11.1 Å². The van der Waals surface area contributed by atoms with Gasteiger partial charge in [-0.2, -0.15) is 0 Å². The monoisotopic (exact) mass is 244 g/mol. The molecule has 2 rings (SSSR count). The van der Waals surface area contributed by atoms with E-state index in [1.807, 2.05) is 0 Å². The number of aliphatic carboxylic acids is 1. The van der Waals surface area contributed by atoms with E-state index in [9.17, 15) is 9.59 Å². The van der Waals surface area contributed by atoms with Crippen LogP contribution in [-0.2, 0) is 19.1 Å². The molecule has 0 aliphatic carbocycles. The average molecular weight is 244 g/mol. The van der Waals surface area contributed by atoms with Gasteiger partial charge < -0.3 is 25.6 Å². The van der Waals surface area contributed by atoms with E-state index in [0.29, 0.717) is 13.0 Å². The first-order valence-corrected chi connectivity index (χ1v) is 5.51. The van der Waals surface area contributed by atoms with Gasteiger partial charge in [0.05, 0.1) is 25.9 Å². The number of amides is 1. The molecule has 3 atom stereocenters. The molecule has 7 nitrogen and oxygen atoms in total. The second-order valence-corrected chi connectivity index (χ2v) is 4.52. The predicted octanol–water partition coefficient (Wildman–Crippen LogP) is -1.68. The number of rotatable bonds is 3. The maximum Gasteiger partial charge on any atom is 0.311 e. The van der Waals surface area contributed by atoms with Gasteiger partial charge in [0.25, 0.3) is 0 Å². The Labute approximate surface area is 98.2 Å². The van der Waals surface area contributed by atoms with Crippen molar-refractivity contribution in [2.75, 3.05) is 26.4 Å². The molecular formula is C10H16N2O5. The lowest BCUT2D eigenvalue weighted by atomic mass is 9.97. The van der Waals surface area contributed by atoms with Crippen LogP contribution in [0.15, 0.2) is 0 Å². The lowest BCUT2D eigenvalue weighted by Crippen LogP contribution is -2.58. The van der Waals surface area contributed by atoms with Crippen LogP contribution in [0.25, 0.3) is 0 Å². The summed E-state index contributed by atoms with van der Waals surface area (Å²) < 4.78 is 10.1. The Hall–Kier alpha value is -1.18. The molecule has 1 amide bonds. The summed E-state index contributed by atoms with van der Waals surface area (Å²) in [4.78, 5) is 22.8. The second kappa shape index (κ2) is 4.59. The number of carbonyl (C=O) groups is 2. The van der Waals surface area contributed by atoms with Gasteiger partial charge in [-0.3, -0.25) is 9.59 Å². The number of nitrogens with one attached hydrogen (secondary N) is 1. The zero-order valence-corrected chi connectivity index (χ0v) is 9.35. The van der Waals surface area contributed by atoms with E-state index in [1.165, 1.54) is 0 Å².